The van der Waals surface area contributed by atoms with Gasteiger partial charge in [-0.15, -0.1) is 0 Å². The van der Waals surface area contributed by atoms with Gasteiger partial charge >= 0.3 is 0 Å². The number of methoxy groups -OCH3 is 1. The Hall–Kier alpha value is -1.15. The average Bonchev–Trinajstić information content (AvgIpc) is 2.48. The van der Waals surface area contributed by atoms with Crippen LogP contribution in [-0.4, -0.2) is 36.3 Å². The summed E-state index contributed by atoms with van der Waals surface area (Å²) in [6, 6.07) is 5.85. The molecule has 4 heteroatoms. The number of hydrogen-bond acceptors (Lipinski definition) is 4. The van der Waals surface area contributed by atoms with Gasteiger partial charge in [0.25, 0.3) is 0 Å². The smallest absolute Gasteiger partial charge is 0.119 e. The number of benzene rings is 1. The fourth-order valence-electron chi connectivity index (χ4n) is 1.57. The quantitative estimate of drug-likeness (QED) is 0.758. The second-order valence-electron chi connectivity index (χ2n) is 4.60. The van der Waals surface area contributed by atoms with Crippen LogP contribution in [-0.2, 0) is 5.75 Å². The van der Waals surface area contributed by atoms with Crippen LogP contribution in [0.4, 0.5) is 0 Å². The summed E-state index contributed by atoms with van der Waals surface area (Å²) in [5.74, 6) is 8.91. The zero-order valence-electron chi connectivity index (χ0n) is 12.1. The highest BCUT2D eigenvalue weighted by Gasteiger charge is 2.05. The van der Waals surface area contributed by atoms with E-state index in [4.69, 9.17) is 14.9 Å². The summed E-state index contributed by atoms with van der Waals surface area (Å²) in [7, 11) is 1.65. The number of ether oxygens (including phenoxy) is 1. The van der Waals surface area contributed by atoms with Crippen LogP contribution in [0.5, 0.6) is 5.75 Å². The molecule has 0 bridgehead atoms. The topological polar surface area (TPSA) is 49.7 Å². The van der Waals surface area contributed by atoms with Crippen molar-refractivity contribution in [3.63, 3.8) is 0 Å². The van der Waals surface area contributed by atoms with Gasteiger partial charge in [0.15, 0.2) is 0 Å². The largest absolute Gasteiger partial charge is 0.497 e. The molecule has 1 aromatic rings. The third kappa shape index (κ3) is 5.87. The first-order chi connectivity index (χ1) is 9.71. The molecule has 0 spiro atoms. The molecule has 20 heavy (non-hydrogen) atoms. The van der Waals surface area contributed by atoms with E-state index in [-0.39, 0.29) is 13.2 Å². The fraction of sp³-hybridized carbons (Fsp3) is 0.500. The van der Waals surface area contributed by atoms with Crippen molar-refractivity contribution in [2.45, 2.75) is 19.1 Å². The molecule has 110 valence electrons. The Morgan fingerprint density at radius 2 is 2.15 bits per heavy atom. The monoisotopic (exact) mass is 294 g/mol. The van der Waals surface area contributed by atoms with Crippen molar-refractivity contribution in [2.24, 2.45) is 5.92 Å². The van der Waals surface area contributed by atoms with Crippen molar-refractivity contribution in [1.82, 2.24) is 0 Å². The van der Waals surface area contributed by atoms with Gasteiger partial charge in [0, 0.05) is 24.3 Å². The van der Waals surface area contributed by atoms with E-state index in [0.29, 0.717) is 12.3 Å². The summed E-state index contributed by atoms with van der Waals surface area (Å²) < 4.78 is 5.25. The van der Waals surface area contributed by atoms with E-state index < -0.39 is 0 Å². The Labute approximate surface area is 125 Å². The molecule has 0 radical (unpaired) electrons. The van der Waals surface area contributed by atoms with Crippen LogP contribution in [0.15, 0.2) is 18.2 Å². The predicted molar refractivity (Wildman–Crippen MR) is 84.0 cm³/mol. The third-order valence-corrected chi connectivity index (χ3v) is 4.06. The number of thioether (sulfide) groups is 1. The van der Waals surface area contributed by atoms with Crippen molar-refractivity contribution in [1.29, 1.82) is 0 Å². The molecule has 2 N–H and O–H groups in total. The van der Waals surface area contributed by atoms with Gasteiger partial charge < -0.3 is 14.9 Å². The maximum Gasteiger partial charge on any atom is 0.119 e. The molecule has 0 aliphatic heterocycles. The van der Waals surface area contributed by atoms with Gasteiger partial charge in [-0.2, -0.15) is 11.8 Å². The Morgan fingerprint density at radius 3 is 2.80 bits per heavy atom. The molecule has 0 heterocycles. The van der Waals surface area contributed by atoms with Gasteiger partial charge in [-0.25, -0.2) is 0 Å². The minimum absolute atomic E-state index is 0.0846. The molecule has 0 amide bonds. The Morgan fingerprint density at radius 1 is 1.35 bits per heavy atom. The first-order valence-corrected chi connectivity index (χ1v) is 7.82. The SMILES string of the molecule is COc1ccc(C#CCCO)c(CSCC(C)CO)c1. The van der Waals surface area contributed by atoms with E-state index in [1.165, 1.54) is 0 Å². The predicted octanol–water partition coefficient (Wildman–Crippen LogP) is 2.29. The van der Waals surface area contributed by atoms with Gasteiger partial charge in [0.2, 0.25) is 0 Å². The first-order valence-electron chi connectivity index (χ1n) is 6.66. The Bertz CT molecular complexity index is 463. The second-order valence-corrected chi connectivity index (χ2v) is 5.63. The number of hydrogen-bond donors (Lipinski definition) is 2. The van der Waals surface area contributed by atoms with E-state index in [0.717, 1.165) is 28.4 Å². The summed E-state index contributed by atoms with van der Waals surface area (Å²) in [6.07, 6.45) is 0.486. The highest BCUT2D eigenvalue weighted by atomic mass is 32.2. The minimum atomic E-state index is 0.0846. The lowest BCUT2D eigenvalue weighted by atomic mass is 10.1. The van der Waals surface area contributed by atoms with Crippen molar-refractivity contribution >= 4 is 11.8 Å². The van der Waals surface area contributed by atoms with E-state index in [2.05, 4.69) is 11.8 Å². The molecule has 1 atom stereocenters. The molecule has 1 rings (SSSR count). The zero-order valence-corrected chi connectivity index (χ0v) is 12.9. The molecule has 0 saturated heterocycles. The van der Waals surface area contributed by atoms with Crippen LogP contribution in [0, 0.1) is 17.8 Å². The molecule has 3 nitrogen and oxygen atoms in total. The first kappa shape index (κ1) is 16.9. The number of aliphatic hydroxyl groups excluding tert-OH is 2. The molecule has 0 aliphatic carbocycles. The van der Waals surface area contributed by atoms with Crippen molar-refractivity contribution < 1.29 is 14.9 Å². The third-order valence-electron chi connectivity index (χ3n) is 2.74. The summed E-state index contributed by atoms with van der Waals surface area (Å²) in [5, 5.41) is 17.8. The maximum absolute atomic E-state index is 9.03. The van der Waals surface area contributed by atoms with Crippen LogP contribution in [0.3, 0.4) is 0 Å². The van der Waals surface area contributed by atoms with Gasteiger partial charge in [0.05, 0.1) is 13.7 Å². The number of rotatable bonds is 7. The van der Waals surface area contributed by atoms with Crippen LogP contribution in [0.1, 0.15) is 24.5 Å². The lowest BCUT2D eigenvalue weighted by Crippen LogP contribution is -2.03. The fourth-order valence-corrected chi connectivity index (χ4v) is 2.66. The molecule has 0 fully saturated rings. The van der Waals surface area contributed by atoms with Crippen molar-refractivity contribution in [2.75, 3.05) is 26.1 Å². The van der Waals surface area contributed by atoms with E-state index in [9.17, 15) is 0 Å². The summed E-state index contributed by atoms with van der Waals surface area (Å²) in [5.41, 5.74) is 2.10. The Balaban J connectivity index is 2.76. The molecule has 0 aromatic heterocycles. The second kappa shape index (κ2) is 9.71. The highest BCUT2D eigenvalue weighted by molar-refractivity contribution is 7.98. The molecule has 0 saturated carbocycles. The van der Waals surface area contributed by atoms with Gasteiger partial charge in [-0.3, -0.25) is 0 Å². The van der Waals surface area contributed by atoms with Crippen molar-refractivity contribution in [3.05, 3.63) is 29.3 Å². The minimum Gasteiger partial charge on any atom is -0.497 e. The maximum atomic E-state index is 9.03. The molecule has 0 aliphatic rings. The molecular weight excluding hydrogens is 272 g/mol. The highest BCUT2D eigenvalue weighted by Crippen LogP contribution is 2.23. The van der Waals surface area contributed by atoms with Gasteiger partial charge in [-0.05, 0) is 35.4 Å². The summed E-state index contributed by atoms with van der Waals surface area (Å²) in [4.78, 5) is 0. The normalized spacial score (nSPS) is 11.6. The Kier molecular flexibility index (Phi) is 8.20. The van der Waals surface area contributed by atoms with Crippen LogP contribution < -0.4 is 4.74 Å². The summed E-state index contributed by atoms with van der Waals surface area (Å²) >= 11 is 1.78. The van der Waals surface area contributed by atoms with E-state index >= 15 is 0 Å². The van der Waals surface area contributed by atoms with Crippen LogP contribution in [0.2, 0.25) is 0 Å². The van der Waals surface area contributed by atoms with E-state index in [1.54, 1.807) is 18.9 Å². The van der Waals surface area contributed by atoms with Gasteiger partial charge in [0.1, 0.15) is 5.75 Å². The van der Waals surface area contributed by atoms with E-state index in [1.807, 2.05) is 25.1 Å². The average molecular weight is 294 g/mol. The van der Waals surface area contributed by atoms with Crippen LogP contribution in [0.25, 0.3) is 0 Å². The molecule has 1 unspecified atom stereocenters. The summed E-state index contributed by atoms with van der Waals surface area (Å²) in [6.45, 7) is 2.33. The lowest BCUT2D eigenvalue weighted by Gasteiger charge is -2.10. The lowest BCUT2D eigenvalue weighted by molar-refractivity contribution is 0.250. The molecular formula is C16H22O3S. The van der Waals surface area contributed by atoms with Gasteiger partial charge in [-0.1, -0.05) is 18.8 Å². The zero-order chi connectivity index (χ0) is 14.8. The standard InChI is InChI=1S/C16H22O3S/c1-13(10-18)11-20-12-15-9-16(19-2)7-6-14(15)5-3-4-8-17/h6-7,9,13,17-18H,4,8,10-12H2,1-2H3. The van der Waals surface area contributed by atoms with Crippen molar-refractivity contribution in [3.8, 4) is 17.6 Å². The number of aliphatic hydroxyl groups is 2. The van der Waals surface area contributed by atoms with Crippen LogP contribution >= 0.6 is 11.8 Å². The molecule has 1 aromatic carbocycles.